The molecule has 1 aromatic rings. The molecule has 0 heterocycles. The first-order valence-electron chi connectivity index (χ1n) is 7.70. The highest BCUT2D eigenvalue weighted by Gasteiger charge is 2.46. The van der Waals surface area contributed by atoms with Gasteiger partial charge in [-0.05, 0) is 54.7 Å². The summed E-state index contributed by atoms with van der Waals surface area (Å²) in [4.78, 5) is 0. The first-order chi connectivity index (χ1) is 9.15. The highest BCUT2D eigenvalue weighted by Crippen LogP contribution is 2.50. The fourth-order valence-electron chi connectivity index (χ4n) is 4.63. The van der Waals surface area contributed by atoms with Gasteiger partial charge in [0.15, 0.2) is 0 Å². The van der Waals surface area contributed by atoms with E-state index in [2.05, 4.69) is 64.2 Å². The summed E-state index contributed by atoms with van der Waals surface area (Å²) >= 11 is 0. The second-order valence-corrected chi connectivity index (χ2v) is 8.34. The minimum absolute atomic E-state index is 0.0129. The van der Waals surface area contributed by atoms with E-state index < -0.39 is 0 Å². The van der Waals surface area contributed by atoms with Gasteiger partial charge in [0.2, 0.25) is 0 Å². The molecule has 20 heavy (non-hydrogen) atoms. The molecule has 2 heteroatoms. The quantitative estimate of drug-likeness (QED) is 0.860. The fourth-order valence-corrected chi connectivity index (χ4v) is 4.63. The molecule has 0 bridgehead atoms. The van der Waals surface area contributed by atoms with E-state index in [9.17, 15) is 0 Å². The lowest BCUT2D eigenvalue weighted by Crippen LogP contribution is -2.55. The van der Waals surface area contributed by atoms with Crippen LogP contribution in [0, 0.1) is 17.8 Å². The summed E-state index contributed by atoms with van der Waals surface area (Å²) in [7, 11) is 0. The first-order valence-corrected chi connectivity index (χ1v) is 7.70. The minimum Gasteiger partial charge on any atom is -0.378 e. The van der Waals surface area contributed by atoms with Gasteiger partial charge in [0.1, 0.15) is 0 Å². The van der Waals surface area contributed by atoms with Crippen LogP contribution in [0.2, 0.25) is 0 Å². The van der Waals surface area contributed by atoms with Crippen LogP contribution in [0.3, 0.4) is 0 Å². The number of anilines is 1. The molecule has 1 aromatic carbocycles. The molecule has 0 spiro atoms. The lowest BCUT2D eigenvalue weighted by molar-refractivity contribution is 0.0623. The maximum Gasteiger partial charge on any atom is 0.0505 e. The summed E-state index contributed by atoms with van der Waals surface area (Å²) in [6, 6.07) is 8.61. The molecule has 1 aliphatic carbocycles. The zero-order chi connectivity index (χ0) is 15.0. The Morgan fingerprint density at radius 1 is 1.05 bits per heavy atom. The first kappa shape index (κ1) is 15.4. The smallest absolute Gasteiger partial charge is 0.0505 e. The van der Waals surface area contributed by atoms with Crippen molar-refractivity contribution in [1.29, 1.82) is 0 Å². The normalized spacial score (nSPS) is 23.3. The molecule has 1 aliphatic rings. The number of benzene rings is 1. The Morgan fingerprint density at radius 2 is 1.65 bits per heavy atom. The van der Waals surface area contributed by atoms with Crippen molar-refractivity contribution >= 4 is 5.69 Å². The molecule has 1 saturated carbocycles. The third-order valence-corrected chi connectivity index (χ3v) is 4.41. The number of aryl methyl sites for hydroxylation is 1. The minimum atomic E-state index is 0.0129. The van der Waals surface area contributed by atoms with E-state index in [-0.39, 0.29) is 5.54 Å². The number of hydrogen-bond acceptors (Lipinski definition) is 2. The van der Waals surface area contributed by atoms with Gasteiger partial charge in [0.25, 0.3) is 0 Å². The van der Waals surface area contributed by atoms with Crippen molar-refractivity contribution < 1.29 is 0 Å². The molecule has 0 aromatic heterocycles. The van der Waals surface area contributed by atoms with Crippen LogP contribution in [-0.2, 0) is 0 Å². The van der Waals surface area contributed by atoms with Crippen LogP contribution in [-0.4, -0.2) is 12.1 Å². The fraction of sp³-hybridized carbons (Fsp3) is 0.667. The molecule has 2 rings (SSSR count). The predicted octanol–water partition coefficient (Wildman–Crippen LogP) is 4.34. The van der Waals surface area contributed by atoms with Crippen LogP contribution in [0.4, 0.5) is 5.69 Å². The zero-order valence-electron chi connectivity index (χ0n) is 13.7. The topological polar surface area (TPSA) is 38.0 Å². The Morgan fingerprint density at radius 3 is 2.15 bits per heavy atom. The molecule has 1 fully saturated rings. The average Bonchev–Trinajstić information content (AvgIpc) is 2.24. The van der Waals surface area contributed by atoms with Crippen LogP contribution in [0.25, 0.3) is 0 Å². The van der Waals surface area contributed by atoms with Crippen molar-refractivity contribution in [2.45, 2.75) is 59.4 Å². The molecule has 112 valence electrons. The SMILES string of the molecule is Cc1cccc(NC2(CN)CC(C)(C)CC(C)(C)C2)c1. The lowest BCUT2D eigenvalue weighted by atomic mass is 9.58. The summed E-state index contributed by atoms with van der Waals surface area (Å²) in [6.45, 7) is 12.3. The van der Waals surface area contributed by atoms with Crippen LogP contribution in [0.5, 0.6) is 0 Å². The van der Waals surface area contributed by atoms with E-state index in [0.717, 1.165) is 12.8 Å². The van der Waals surface area contributed by atoms with Crippen molar-refractivity contribution in [1.82, 2.24) is 0 Å². The summed E-state index contributed by atoms with van der Waals surface area (Å²) in [6.07, 6.45) is 3.53. The van der Waals surface area contributed by atoms with Gasteiger partial charge in [-0.2, -0.15) is 0 Å². The summed E-state index contributed by atoms with van der Waals surface area (Å²) in [5, 5.41) is 3.77. The predicted molar refractivity (Wildman–Crippen MR) is 88.0 cm³/mol. The summed E-state index contributed by atoms with van der Waals surface area (Å²) in [5.41, 5.74) is 9.37. The van der Waals surface area contributed by atoms with Gasteiger partial charge in [-0.1, -0.05) is 39.8 Å². The standard InChI is InChI=1S/C18H30N2/c1-14-7-6-8-15(9-14)20-18(13-19)11-16(2,3)10-17(4,5)12-18/h6-9,20H,10-13,19H2,1-5H3. The summed E-state index contributed by atoms with van der Waals surface area (Å²) < 4.78 is 0. The maximum absolute atomic E-state index is 6.20. The van der Waals surface area contributed by atoms with E-state index in [0.29, 0.717) is 17.4 Å². The van der Waals surface area contributed by atoms with Crippen LogP contribution in [0.15, 0.2) is 24.3 Å². The Kier molecular flexibility index (Phi) is 3.90. The van der Waals surface area contributed by atoms with Crippen molar-refractivity contribution in [2.75, 3.05) is 11.9 Å². The monoisotopic (exact) mass is 274 g/mol. The largest absolute Gasteiger partial charge is 0.378 e. The Labute approximate surface area is 124 Å². The van der Waals surface area contributed by atoms with Gasteiger partial charge in [0.05, 0.1) is 5.54 Å². The van der Waals surface area contributed by atoms with E-state index >= 15 is 0 Å². The van der Waals surface area contributed by atoms with Crippen molar-refractivity contribution in [2.24, 2.45) is 16.6 Å². The van der Waals surface area contributed by atoms with E-state index in [4.69, 9.17) is 5.73 Å². The van der Waals surface area contributed by atoms with Gasteiger partial charge >= 0.3 is 0 Å². The third-order valence-electron chi connectivity index (χ3n) is 4.41. The second kappa shape index (κ2) is 5.07. The highest BCUT2D eigenvalue weighted by atomic mass is 15.0. The molecule has 3 N–H and O–H groups in total. The molecule has 0 amide bonds. The van der Waals surface area contributed by atoms with E-state index in [1.165, 1.54) is 17.7 Å². The Balaban J connectivity index is 2.29. The zero-order valence-corrected chi connectivity index (χ0v) is 13.7. The average molecular weight is 274 g/mol. The van der Waals surface area contributed by atoms with Crippen molar-refractivity contribution in [3.8, 4) is 0 Å². The maximum atomic E-state index is 6.20. The van der Waals surface area contributed by atoms with Gasteiger partial charge in [-0.3, -0.25) is 0 Å². The number of nitrogens with two attached hydrogens (primary N) is 1. The molecule has 2 nitrogen and oxygen atoms in total. The van der Waals surface area contributed by atoms with Gasteiger partial charge in [0, 0.05) is 12.2 Å². The van der Waals surface area contributed by atoms with Gasteiger partial charge < -0.3 is 11.1 Å². The Hall–Kier alpha value is -1.02. The van der Waals surface area contributed by atoms with Crippen LogP contribution in [0.1, 0.15) is 52.5 Å². The molecule has 0 radical (unpaired) electrons. The number of hydrogen-bond donors (Lipinski definition) is 2. The van der Waals surface area contributed by atoms with Crippen LogP contribution >= 0.6 is 0 Å². The molecular weight excluding hydrogens is 244 g/mol. The second-order valence-electron chi connectivity index (χ2n) is 8.34. The lowest BCUT2D eigenvalue weighted by Gasteiger charge is -2.52. The molecule has 0 aliphatic heterocycles. The number of rotatable bonds is 3. The van der Waals surface area contributed by atoms with E-state index in [1.54, 1.807) is 0 Å². The highest BCUT2D eigenvalue weighted by molar-refractivity contribution is 5.48. The summed E-state index contributed by atoms with van der Waals surface area (Å²) in [5.74, 6) is 0. The van der Waals surface area contributed by atoms with Gasteiger partial charge in [-0.25, -0.2) is 0 Å². The molecular formula is C18H30N2. The van der Waals surface area contributed by atoms with Crippen molar-refractivity contribution in [3.05, 3.63) is 29.8 Å². The Bertz CT molecular complexity index is 458. The molecule has 0 atom stereocenters. The van der Waals surface area contributed by atoms with Gasteiger partial charge in [-0.15, -0.1) is 0 Å². The van der Waals surface area contributed by atoms with Crippen LogP contribution < -0.4 is 11.1 Å². The van der Waals surface area contributed by atoms with E-state index in [1.807, 2.05) is 0 Å². The third kappa shape index (κ3) is 3.54. The number of nitrogens with one attached hydrogen (secondary N) is 1. The molecule has 0 saturated heterocycles. The molecule has 0 unspecified atom stereocenters. The van der Waals surface area contributed by atoms with Crippen molar-refractivity contribution in [3.63, 3.8) is 0 Å².